The first-order valence-corrected chi connectivity index (χ1v) is 9.72. The minimum Gasteiger partial charge on any atom is -0.342 e. The predicted molar refractivity (Wildman–Crippen MR) is 116 cm³/mol. The highest BCUT2D eigenvalue weighted by Crippen LogP contribution is 2.26. The van der Waals surface area contributed by atoms with Gasteiger partial charge in [-0.3, -0.25) is 5.10 Å². The average Bonchev–Trinajstić information content (AvgIpc) is 3.45. The summed E-state index contributed by atoms with van der Waals surface area (Å²) in [6.07, 6.45) is 4.55. The molecular weight excluding hydrogens is 398 g/mol. The number of aromatic nitrogens is 5. The number of benzene rings is 2. The molecule has 3 heterocycles. The Labute approximate surface area is 176 Å². The predicted octanol–water partition coefficient (Wildman–Crippen LogP) is 5.50. The number of anilines is 2. The highest BCUT2D eigenvalue weighted by Gasteiger charge is 2.10. The van der Waals surface area contributed by atoms with Crippen LogP contribution in [-0.2, 0) is 6.54 Å². The third kappa shape index (κ3) is 4.00. The van der Waals surface area contributed by atoms with Gasteiger partial charge in [0.15, 0.2) is 5.82 Å². The third-order valence-corrected chi connectivity index (χ3v) is 5.01. The van der Waals surface area contributed by atoms with Crippen molar-refractivity contribution in [3.63, 3.8) is 0 Å². The van der Waals surface area contributed by atoms with Crippen molar-refractivity contribution in [2.45, 2.75) is 13.0 Å². The normalized spacial score (nSPS) is 11.3. The van der Waals surface area contributed by atoms with E-state index in [4.69, 9.17) is 0 Å². The second kappa shape index (κ2) is 7.98. The van der Waals surface area contributed by atoms with Crippen LogP contribution in [0.4, 0.5) is 20.3 Å². The summed E-state index contributed by atoms with van der Waals surface area (Å²) in [4.78, 5) is 8.96. The Hall–Kier alpha value is -4.07. The molecule has 0 fully saturated rings. The second-order valence-corrected chi connectivity index (χ2v) is 7.09. The van der Waals surface area contributed by atoms with Crippen molar-refractivity contribution in [2.75, 3.05) is 5.32 Å². The Bertz CT molecular complexity index is 1310. The highest BCUT2D eigenvalue weighted by atomic mass is 19.3. The molecular formula is C23H18F2N6. The van der Waals surface area contributed by atoms with E-state index in [2.05, 4.69) is 25.5 Å². The van der Waals surface area contributed by atoms with Gasteiger partial charge in [-0.05, 0) is 41.3 Å². The molecule has 0 saturated carbocycles. The molecule has 8 heteroatoms. The van der Waals surface area contributed by atoms with Crippen LogP contribution in [-0.4, -0.2) is 31.2 Å². The van der Waals surface area contributed by atoms with E-state index in [0.717, 1.165) is 33.3 Å². The molecule has 0 radical (unpaired) electrons. The van der Waals surface area contributed by atoms with Crippen LogP contribution in [0.2, 0.25) is 0 Å². The van der Waals surface area contributed by atoms with Crippen LogP contribution in [0.3, 0.4) is 0 Å². The number of nitrogens with one attached hydrogen (secondary N) is 2. The lowest BCUT2D eigenvalue weighted by Crippen LogP contribution is -2.04. The summed E-state index contributed by atoms with van der Waals surface area (Å²) in [7, 11) is 0. The monoisotopic (exact) mass is 416 g/mol. The Morgan fingerprint density at radius 1 is 0.968 bits per heavy atom. The van der Waals surface area contributed by atoms with Gasteiger partial charge in [-0.1, -0.05) is 24.3 Å². The van der Waals surface area contributed by atoms with E-state index in [9.17, 15) is 8.78 Å². The Balaban J connectivity index is 1.40. The van der Waals surface area contributed by atoms with Gasteiger partial charge < -0.3 is 9.88 Å². The standard InChI is InChI=1S/C23H18F2N6/c24-21(25)14-31-10-8-16-1-2-17(11-20(16)31)23-26-9-7-22(30-23)29-19-5-3-15(4-6-19)18-12-27-28-13-18/h1-13,21H,14H2,(H,27,28)(H,26,29,30). The zero-order chi connectivity index (χ0) is 21.2. The van der Waals surface area contributed by atoms with Gasteiger partial charge in [-0.15, -0.1) is 0 Å². The molecule has 3 aromatic heterocycles. The van der Waals surface area contributed by atoms with E-state index in [0.29, 0.717) is 11.6 Å². The Morgan fingerprint density at radius 3 is 2.58 bits per heavy atom. The van der Waals surface area contributed by atoms with Crippen LogP contribution >= 0.6 is 0 Å². The van der Waals surface area contributed by atoms with Gasteiger partial charge >= 0.3 is 0 Å². The first kappa shape index (κ1) is 18.9. The Kier molecular flexibility index (Phi) is 4.87. The van der Waals surface area contributed by atoms with Gasteiger partial charge in [0, 0.05) is 40.9 Å². The van der Waals surface area contributed by atoms with Crippen molar-refractivity contribution in [3.05, 3.63) is 79.4 Å². The third-order valence-electron chi connectivity index (χ3n) is 5.01. The summed E-state index contributed by atoms with van der Waals surface area (Å²) in [5, 5.41) is 10.9. The number of hydrogen-bond donors (Lipinski definition) is 2. The number of rotatable bonds is 6. The van der Waals surface area contributed by atoms with Crippen LogP contribution in [0.5, 0.6) is 0 Å². The second-order valence-electron chi connectivity index (χ2n) is 7.09. The quantitative estimate of drug-likeness (QED) is 0.384. The molecule has 0 amide bonds. The number of halogens is 2. The van der Waals surface area contributed by atoms with Gasteiger partial charge in [-0.25, -0.2) is 18.7 Å². The number of aromatic amines is 1. The minimum atomic E-state index is -2.41. The molecule has 5 aromatic rings. The van der Waals surface area contributed by atoms with Crippen LogP contribution in [0.15, 0.2) is 79.4 Å². The van der Waals surface area contributed by atoms with Gasteiger partial charge in [0.1, 0.15) is 5.82 Å². The molecule has 154 valence electrons. The van der Waals surface area contributed by atoms with E-state index >= 15 is 0 Å². The molecule has 2 aromatic carbocycles. The number of hydrogen-bond acceptors (Lipinski definition) is 4. The van der Waals surface area contributed by atoms with Gasteiger partial charge in [0.05, 0.1) is 12.7 Å². The largest absolute Gasteiger partial charge is 0.342 e. The molecule has 6 nitrogen and oxygen atoms in total. The maximum Gasteiger partial charge on any atom is 0.256 e. The smallest absolute Gasteiger partial charge is 0.256 e. The fourth-order valence-electron chi connectivity index (χ4n) is 3.50. The van der Waals surface area contributed by atoms with Crippen LogP contribution < -0.4 is 5.32 Å². The van der Waals surface area contributed by atoms with Gasteiger partial charge in [-0.2, -0.15) is 5.10 Å². The molecule has 0 spiro atoms. The van der Waals surface area contributed by atoms with Crippen molar-refractivity contribution >= 4 is 22.4 Å². The van der Waals surface area contributed by atoms with Crippen LogP contribution in [0.25, 0.3) is 33.4 Å². The lowest BCUT2D eigenvalue weighted by Gasteiger charge is -2.09. The van der Waals surface area contributed by atoms with Crippen molar-refractivity contribution in [1.82, 2.24) is 24.7 Å². The Morgan fingerprint density at radius 2 is 1.81 bits per heavy atom. The molecule has 31 heavy (non-hydrogen) atoms. The van der Waals surface area contributed by atoms with Crippen molar-refractivity contribution < 1.29 is 8.78 Å². The zero-order valence-electron chi connectivity index (χ0n) is 16.3. The van der Waals surface area contributed by atoms with E-state index in [-0.39, 0.29) is 6.54 Å². The molecule has 0 aliphatic carbocycles. The fraction of sp³-hybridized carbons (Fsp3) is 0.0870. The summed E-state index contributed by atoms with van der Waals surface area (Å²) in [5.74, 6) is 1.16. The van der Waals surface area contributed by atoms with E-state index in [1.54, 1.807) is 29.2 Å². The van der Waals surface area contributed by atoms with E-state index in [1.807, 2.05) is 54.7 Å². The molecule has 0 saturated heterocycles. The molecule has 2 N–H and O–H groups in total. The van der Waals surface area contributed by atoms with Crippen molar-refractivity contribution in [1.29, 1.82) is 0 Å². The first-order chi connectivity index (χ1) is 15.2. The van der Waals surface area contributed by atoms with Gasteiger partial charge in [0.2, 0.25) is 0 Å². The summed E-state index contributed by atoms with van der Waals surface area (Å²) in [5.41, 5.74) is 4.46. The van der Waals surface area contributed by atoms with Crippen molar-refractivity contribution in [3.8, 4) is 22.5 Å². The van der Waals surface area contributed by atoms with Gasteiger partial charge in [0.25, 0.3) is 6.43 Å². The number of fused-ring (bicyclic) bond motifs is 1. The molecule has 0 atom stereocenters. The highest BCUT2D eigenvalue weighted by molar-refractivity contribution is 5.84. The maximum absolute atomic E-state index is 12.9. The fourth-order valence-corrected chi connectivity index (χ4v) is 3.50. The zero-order valence-corrected chi connectivity index (χ0v) is 16.3. The minimum absolute atomic E-state index is 0.343. The van der Waals surface area contributed by atoms with Crippen LogP contribution in [0.1, 0.15) is 0 Å². The number of alkyl halides is 2. The SMILES string of the molecule is FC(F)Cn1ccc2ccc(-c3nccc(Nc4ccc(-c5cn[nH]c5)cc4)n3)cc21. The number of nitrogens with zero attached hydrogens (tertiary/aromatic N) is 4. The summed E-state index contributed by atoms with van der Waals surface area (Å²) in [6, 6.07) is 17.2. The molecule has 0 unspecified atom stereocenters. The average molecular weight is 416 g/mol. The van der Waals surface area contributed by atoms with E-state index in [1.165, 1.54) is 0 Å². The summed E-state index contributed by atoms with van der Waals surface area (Å²) in [6.45, 7) is -0.343. The van der Waals surface area contributed by atoms with E-state index < -0.39 is 6.43 Å². The van der Waals surface area contributed by atoms with Crippen LogP contribution in [0, 0.1) is 0 Å². The lowest BCUT2D eigenvalue weighted by molar-refractivity contribution is 0.128. The van der Waals surface area contributed by atoms with Crippen molar-refractivity contribution in [2.24, 2.45) is 0 Å². The number of H-pyrrole nitrogens is 1. The first-order valence-electron chi connectivity index (χ1n) is 9.72. The molecule has 5 rings (SSSR count). The molecule has 0 bridgehead atoms. The maximum atomic E-state index is 12.9. The molecule has 0 aliphatic rings. The molecule has 0 aliphatic heterocycles. The topological polar surface area (TPSA) is 71.4 Å². The lowest BCUT2D eigenvalue weighted by atomic mass is 10.1. The summed E-state index contributed by atoms with van der Waals surface area (Å²) < 4.78 is 27.3. The summed E-state index contributed by atoms with van der Waals surface area (Å²) >= 11 is 0.